The lowest BCUT2D eigenvalue weighted by molar-refractivity contribution is 0.363. The first kappa shape index (κ1) is 15.1. The molecule has 1 heterocycles. The van der Waals surface area contributed by atoms with Crippen molar-refractivity contribution in [2.24, 2.45) is 5.73 Å². The Labute approximate surface area is 112 Å². The van der Waals surface area contributed by atoms with Gasteiger partial charge in [0.2, 0.25) is 0 Å². The Morgan fingerprint density at radius 3 is 2.44 bits per heavy atom. The van der Waals surface area contributed by atoms with Crippen molar-refractivity contribution >= 4 is 21.4 Å². The third kappa shape index (κ3) is 3.09. The first-order chi connectivity index (χ1) is 8.43. The summed E-state index contributed by atoms with van der Waals surface area (Å²) >= 11 is 0.960. The molecule has 1 aromatic rings. The first-order valence-electron chi connectivity index (χ1n) is 5.67. The number of nitrogens with one attached hydrogen (secondary N) is 1. The molecular weight excluding hydrogens is 270 g/mol. The van der Waals surface area contributed by atoms with Crippen molar-refractivity contribution in [1.82, 2.24) is 4.72 Å². The van der Waals surface area contributed by atoms with Gasteiger partial charge in [0.1, 0.15) is 15.2 Å². The molecule has 0 saturated carbocycles. The Kier molecular flexibility index (Phi) is 4.87. The van der Waals surface area contributed by atoms with E-state index in [4.69, 9.17) is 11.0 Å². The second-order valence-electron chi connectivity index (χ2n) is 4.03. The average Bonchev–Trinajstić information content (AvgIpc) is 2.85. The molecule has 0 aliphatic heterocycles. The van der Waals surface area contributed by atoms with Crippen molar-refractivity contribution in [3.05, 3.63) is 17.0 Å². The molecule has 100 valence electrons. The van der Waals surface area contributed by atoms with Crippen LogP contribution in [-0.4, -0.2) is 20.5 Å². The zero-order chi connectivity index (χ0) is 13.8. The van der Waals surface area contributed by atoms with Crippen LogP contribution in [-0.2, 0) is 10.0 Å². The van der Waals surface area contributed by atoms with Gasteiger partial charge in [-0.1, -0.05) is 13.8 Å². The highest BCUT2D eigenvalue weighted by atomic mass is 32.2. The van der Waals surface area contributed by atoms with Gasteiger partial charge in [-0.05, 0) is 25.0 Å². The highest BCUT2D eigenvalue weighted by molar-refractivity contribution is 7.91. The van der Waals surface area contributed by atoms with Gasteiger partial charge in [-0.3, -0.25) is 0 Å². The third-order valence-electron chi connectivity index (χ3n) is 3.05. The molecule has 3 N–H and O–H groups in total. The van der Waals surface area contributed by atoms with Crippen LogP contribution < -0.4 is 10.5 Å². The van der Waals surface area contributed by atoms with Crippen LogP contribution in [0.25, 0.3) is 0 Å². The highest BCUT2D eigenvalue weighted by Gasteiger charge is 2.31. The summed E-state index contributed by atoms with van der Waals surface area (Å²) in [6.45, 7) is 4.04. The molecule has 0 unspecified atom stereocenters. The second-order valence-corrected chi connectivity index (χ2v) is 7.02. The fraction of sp³-hybridized carbons (Fsp3) is 0.545. The van der Waals surface area contributed by atoms with Crippen LogP contribution in [0.5, 0.6) is 0 Å². The topological polar surface area (TPSA) is 96.0 Å². The summed E-state index contributed by atoms with van der Waals surface area (Å²) in [4.78, 5) is 0.377. The Bertz CT molecular complexity index is 531. The summed E-state index contributed by atoms with van der Waals surface area (Å²) in [5.74, 6) is 0. The molecular formula is C11H17N3O2S2. The van der Waals surface area contributed by atoms with E-state index in [9.17, 15) is 8.42 Å². The van der Waals surface area contributed by atoms with Gasteiger partial charge >= 0.3 is 0 Å². The van der Waals surface area contributed by atoms with Crippen LogP contribution in [0.1, 0.15) is 31.6 Å². The monoisotopic (exact) mass is 287 g/mol. The molecule has 5 nitrogen and oxygen atoms in total. The molecule has 0 amide bonds. The average molecular weight is 287 g/mol. The molecule has 0 radical (unpaired) electrons. The van der Waals surface area contributed by atoms with E-state index in [1.165, 1.54) is 12.1 Å². The smallest absolute Gasteiger partial charge is 0.250 e. The van der Waals surface area contributed by atoms with E-state index in [0.717, 1.165) is 11.3 Å². The SMILES string of the molecule is CCC(CC)(CN)NS(=O)(=O)c1ccc(C#N)s1. The maximum atomic E-state index is 12.2. The molecule has 0 saturated heterocycles. The Hall–Kier alpha value is -0.940. The number of nitrogens with two attached hydrogens (primary N) is 1. The maximum Gasteiger partial charge on any atom is 0.250 e. The number of sulfonamides is 1. The number of hydrogen-bond donors (Lipinski definition) is 2. The van der Waals surface area contributed by atoms with E-state index in [2.05, 4.69) is 4.72 Å². The number of rotatable bonds is 6. The van der Waals surface area contributed by atoms with Gasteiger partial charge in [-0.25, -0.2) is 13.1 Å². The predicted molar refractivity (Wildman–Crippen MR) is 71.7 cm³/mol. The first-order valence-corrected chi connectivity index (χ1v) is 7.97. The summed E-state index contributed by atoms with van der Waals surface area (Å²) in [6, 6.07) is 4.87. The molecule has 1 rings (SSSR count). The third-order valence-corrected chi connectivity index (χ3v) is 6.11. The molecule has 0 aromatic carbocycles. The minimum atomic E-state index is -3.61. The second kappa shape index (κ2) is 5.80. The van der Waals surface area contributed by atoms with E-state index in [1.54, 1.807) is 0 Å². The highest BCUT2D eigenvalue weighted by Crippen LogP contribution is 2.24. The largest absolute Gasteiger partial charge is 0.329 e. The Morgan fingerprint density at radius 1 is 1.44 bits per heavy atom. The van der Waals surface area contributed by atoms with Crippen LogP contribution in [0.4, 0.5) is 0 Å². The molecule has 7 heteroatoms. The molecule has 0 bridgehead atoms. The molecule has 18 heavy (non-hydrogen) atoms. The number of hydrogen-bond acceptors (Lipinski definition) is 5. The standard InChI is InChI=1S/C11H17N3O2S2/c1-3-11(4-2,8-13)14-18(15,16)10-6-5-9(7-12)17-10/h5-6,14H,3-4,8,13H2,1-2H3. The van der Waals surface area contributed by atoms with Gasteiger partial charge in [-0.2, -0.15) is 5.26 Å². The van der Waals surface area contributed by atoms with E-state index >= 15 is 0 Å². The fourth-order valence-corrected chi connectivity index (χ4v) is 4.24. The van der Waals surface area contributed by atoms with Crippen molar-refractivity contribution in [2.45, 2.75) is 36.4 Å². The molecule has 0 aliphatic carbocycles. The van der Waals surface area contributed by atoms with Crippen molar-refractivity contribution in [1.29, 1.82) is 5.26 Å². The van der Waals surface area contributed by atoms with E-state index in [-0.39, 0.29) is 10.8 Å². The zero-order valence-electron chi connectivity index (χ0n) is 10.4. The predicted octanol–water partition coefficient (Wildman–Crippen LogP) is 1.42. The molecule has 0 atom stereocenters. The minimum absolute atomic E-state index is 0.152. The lowest BCUT2D eigenvalue weighted by atomic mass is 9.95. The molecule has 0 spiro atoms. The van der Waals surface area contributed by atoms with Crippen LogP contribution in [0.3, 0.4) is 0 Å². The Balaban J connectivity index is 3.05. The van der Waals surface area contributed by atoms with Crippen molar-refractivity contribution in [2.75, 3.05) is 6.54 Å². The van der Waals surface area contributed by atoms with Crippen LogP contribution in [0, 0.1) is 11.3 Å². The van der Waals surface area contributed by atoms with E-state index in [1.807, 2.05) is 19.9 Å². The zero-order valence-corrected chi connectivity index (χ0v) is 12.1. The van der Waals surface area contributed by atoms with Crippen LogP contribution in [0.2, 0.25) is 0 Å². The van der Waals surface area contributed by atoms with Crippen LogP contribution >= 0.6 is 11.3 Å². The van der Waals surface area contributed by atoms with Gasteiger partial charge in [-0.15, -0.1) is 11.3 Å². The van der Waals surface area contributed by atoms with Crippen LogP contribution in [0.15, 0.2) is 16.3 Å². The Morgan fingerprint density at radius 2 is 2.06 bits per heavy atom. The number of thiophene rings is 1. The summed E-state index contributed by atoms with van der Waals surface area (Å²) in [6.07, 6.45) is 1.24. The van der Waals surface area contributed by atoms with Crippen molar-refractivity contribution in [3.8, 4) is 6.07 Å². The molecule has 0 fully saturated rings. The normalized spacial score (nSPS) is 12.3. The molecule has 1 aromatic heterocycles. The van der Waals surface area contributed by atoms with Crippen molar-refractivity contribution < 1.29 is 8.42 Å². The van der Waals surface area contributed by atoms with Crippen molar-refractivity contribution in [3.63, 3.8) is 0 Å². The minimum Gasteiger partial charge on any atom is -0.329 e. The van der Waals surface area contributed by atoms with Gasteiger partial charge < -0.3 is 5.73 Å². The number of nitriles is 1. The van der Waals surface area contributed by atoms with Gasteiger partial charge in [0.25, 0.3) is 10.0 Å². The van der Waals surface area contributed by atoms with Gasteiger partial charge in [0.15, 0.2) is 0 Å². The number of nitrogens with zero attached hydrogens (tertiary/aromatic N) is 1. The lowest BCUT2D eigenvalue weighted by Crippen LogP contribution is -2.52. The van der Waals surface area contributed by atoms with Gasteiger partial charge in [0, 0.05) is 12.1 Å². The lowest BCUT2D eigenvalue weighted by Gasteiger charge is -2.30. The summed E-state index contributed by atoms with van der Waals surface area (Å²) in [7, 11) is -3.61. The summed E-state index contributed by atoms with van der Waals surface area (Å²) in [5, 5.41) is 8.71. The van der Waals surface area contributed by atoms with Gasteiger partial charge in [0.05, 0.1) is 0 Å². The maximum absolute atomic E-state index is 12.2. The van der Waals surface area contributed by atoms with E-state index < -0.39 is 15.6 Å². The van der Waals surface area contributed by atoms with E-state index in [0.29, 0.717) is 17.7 Å². The summed E-state index contributed by atoms with van der Waals surface area (Å²) < 4.78 is 27.2. The molecule has 0 aliphatic rings. The fourth-order valence-electron chi connectivity index (χ4n) is 1.58. The summed E-state index contributed by atoms with van der Waals surface area (Å²) in [5.41, 5.74) is 5.05. The quantitative estimate of drug-likeness (QED) is 0.827.